The zero-order valence-corrected chi connectivity index (χ0v) is 26.5. The molecule has 3 aromatic heterocycles. The number of benzene rings is 6. The Labute approximate surface area is 281 Å². The molecule has 48 heavy (non-hydrogen) atoms. The first-order chi connectivity index (χ1) is 23.8. The van der Waals surface area contributed by atoms with E-state index in [1.54, 1.807) is 0 Å². The maximum atomic E-state index is 5.37. The highest BCUT2D eigenvalue weighted by Gasteiger charge is 2.32. The molecule has 0 amide bonds. The zero-order valence-electron chi connectivity index (χ0n) is 25.7. The van der Waals surface area contributed by atoms with E-state index in [0.29, 0.717) is 5.95 Å². The fourth-order valence-electron chi connectivity index (χ4n) is 7.20. The minimum Gasteiger partial charge on any atom is -0.277 e. The van der Waals surface area contributed by atoms with E-state index in [0.717, 1.165) is 45.0 Å². The number of hydrogen-bond donors (Lipinski definition) is 0. The van der Waals surface area contributed by atoms with Crippen LogP contribution >= 0.6 is 11.3 Å². The van der Waals surface area contributed by atoms with Crippen molar-refractivity contribution in [3.05, 3.63) is 158 Å². The van der Waals surface area contributed by atoms with Crippen LogP contribution in [-0.2, 0) is 0 Å². The number of aromatic nitrogens is 3. The van der Waals surface area contributed by atoms with Gasteiger partial charge < -0.3 is 0 Å². The van der Waals surface area contributed by atoms with Crippen LogP contribution in [0, 0.1) is 0 Å². The van der Waals surface area contributed by atoms with Gasteiger partial charge in [-0.15, -0.1) is 11.3 Å². The summed E-state index contributed by atoms with van der Waals surface area (Å²) in [4.78, 5) is 17.5. The molecule has 9 aromatic rings. The molecule has 6 aromatic carbocycles. The Kier molecular flexibility index (Phi) is 6.01. The van der Waals surface area contributed by atoms with Gasteiger partial charge in [-0.2, -0.15) is 0 Å². The van der Waals surface area contributed by atoms with Crippen LogP contribution in [0.4, 0.5) is 17.3 Å². The van der Waals surface area contributed by atoms with Crippen LogP contribution in [0.2, 0.25) is 0 Å². The molecule has 4 nitrogen and oxygen atoms in total. The second kappa shape index (κ2) is 10.7. The van der Waals surface area contributed by atoms with Crippen LogP contribution < -0.4 is 4.90 Å². The number of rotatable bonds is 4. The molecule has 224 valence electrons. The molecule has 0 bridgehead atoms. The van der Waals surface area contributed by atoms with Crippen molar-refractivity contribution in [2.45, 2.75) is 0 Å². The molecular weight excluding hydrogens is 605 g/mol. The van der Waals surface area contributed by atoms with Gasteiger partial charge in [0.15, 0.2) is 0 Å². The minimum atomic E-state index is 0.643. The molecule has 0 saturated carbocycles. The largest absolute Gasteiger partial charge is 0.277 e. The van der Waals surface area contributed by atoms with Crippen LogP contribution in [0.25, 0.3) is 75.7 Å². The summed E-state index contributed by atoms with van der Waals surface area (Å²) in [6, 6.07) is 51.4. The molecule has 0 aliphatic carbocycles. The Morgan fingerprint density at radius 3 is 1.90 bits per heavy atom. The highest BCUT2D eigenvalue weighted by Crippen LogP contribution is 2.56. The van der Waals surface area contributed by atoms with Gasteiger partial charge in [-0.05, 0) is 46.8 Å². The smallest absolute Gasteiger partial charge is 0.235 e. The van der Waals surface area contributed by atoms with Gasteiger partial charge in [0.25, 0.3) is 0 Å². The first kappa shape index (κ1) is 27.0. The van der Waals surface area contributed by atoms with E-state index < -0.39 is 0 Å². The monoisotopic (exact) mass is 630 g/mol. The van der Waals surface area contributed by atoms with Gasteiger partial charge in [-0.25, -0.2) is 9.97 Å². The standard InChI is InChI=1S/C43H26N4S/c1-3-11-27(12-4-1)35-25-36(28-13-5-2-6-14-28)46-43(45-35)47-37-18-9-17-31-30(29-15-10-24-44-26-29)20-21-32(40(31)37)33-22-23-39-41(42(33)47)34-16-7-8-19-38(34)48-39/h1-26H. The Morgan fingerprint density at radius 2 is 1.15 bits per heavy atom. The molecule has 0 radical (unpaired) electrons. The summed E-state index contributed by atoms with van der Waals surface area (Å²) in [5.74, 6) is 0.643. The molecular formula is C43H26N4S. The minimum absolute atomic E-state index is 0.643. The maximum absolute atomic E-state index is 5.37. The number of fused-ring (bicyclic) bond motifs is 6. The van der Waals surface area contributed by atoms with Crippen molar-refractivity contribution in [2.75, 3.05) is 4.90 Å². The molecule has 10 rings (SSSR count). The lowest BCUT2D eigenvalue weighted by Crippen LogP contribution is -2.18. The van der Waals surface area contributed by atoms with Crippen LogP contribution in [0.1, 0.15) is 0 Å². The van der Waals surface area contributed by atoms with Gasteiger partial charge in [0.2, 0.25) is 5.95 Å². The fourth-order valence-corrected chi connectivity index (χ4v) is 8.30. The van der Waals surface area contributed by atoms with Crippen molar-refractivity contribution in [3.63, 3.8) is 0 Å². The van der Waals surface area contributed by atoms with Crippen molar-refractivity contribution in [2.24, 2.45) is 0 Å². The molecule has 4 heterocycles. The van der Waals surface area contributed by atoms with Gasteiger partial charge in [-0.3, -0.25) is 9.88 Å². The summed E-state index contributed by atoms with van der Waals surface area (Å²) in [7, 11) is 0. The van der Waals surface area contributed by atoms with E-state index in [4.69, 9.17) is 9.97 Å². The summed E-state index contributed by atoms with van der Waals surface area (Å²) in [5, 5.41) is 4.82. The van der Waals surface area contributed by atoms with Gasteiger partial charge in [0.1, 0.15) is 0 Å². The molecule has 0 fully saturated rings. The lowest BCUT2D eigenvalue weighted by atomic mass is 9.87. The third-order valence-corrected chi connectivity index (χ3v) is 10.5. The normalized spacial score (nSPS) is 12.1. The SMILES string of the molecule is c1ccc(-c2cc(-c3ccccc3)nc(N3c4cccc5c(-c6cccnc6)ccc(c45)-c4ccc5sc6ccccc6c5c43)n2)cc1. The summed E-state index contributed by atoms with van der Waals surface area (Å²) in [5.41, 5.74) is 10.7. The Bertz CT molecular complexity index is 2610. The van der Waals surface area contributed by atoms with E-state index in [-0.39, 0.29) is 0 Å². The molecule has 0 saturated heterocycles. The second-order valence-electron chi connectivity index (χ2n) is 12.0. The third-order valence-electron chi connectivity index (χ3n) is 9.32. The Morgan fingerprint density at radius 1 is 0.479 bits per heavy atom. The average Bonchev–Trinajstić information content (AvgIpc) is 3.55. The number of anilines is 3. The molecule has 0 unspecified atom stereocenters. The molecule has 5 heteroatoms. The first-order valence-corrected chi connectivity index (χ1v) is 16.8. The summed E-state index contributed by atoms with van der Waals surface area (Å²) in [6.07, 6.45) is 3.77. The molecule has 1 aliphatic rings. The van der Waals surface area contributed by atoms with Crippen molar-refractivity contribution < 1.29 is 0 Å². The fraction of sp³-hybridized carbons (Fsp3) is 0. The lowest BCUT2D eigenvalue weighted by Gasteiger charge is -2.33. The number of pyridine rings is 1. The van der Waals surface area contributed by atoms with E-state index in [9.17, 15) is 0 Å². The van der Waals surface area contributed by atoms with Crippen LogP contribution in [0.3, 0.4) is 0 Å². The number of nitrogens with zero attached hydrogens (tertiary/aromatic N) is 4. The van der Waals surface area contributed by atoms with Crippen LogP contribution in [0.5, 0.6) is 0 Å². The summed E-state index contributed by atoms with van der Waals surface area (Å²) >= 11 is 1.83. The van der Waals surface area contributed by atoms with E-state index in [1.165, 1.54) is 42.1 Å². The van der Waals surface area contributed by atoms with Gasteiger partial charge in [-0.1, -0.05) is 115 Å². The predicted octanol–water partition coefficient (Wildman–Crippen LogP) is 11.8. The molecule has 0 atom stereocenters. The van der Waals surface area contributed by atoms with Crippen molar-refractivity contribution in [3.8, 4) is 44.8 Å². The highest BCUT2D eigenvalue weighted by molar-refractivity contribution is 7.26. The van der Waals surface area contributed by atoms with E-state index in [1.807, 2.05) is 41.9 Å². The Hall–Kier alpha value is -6.17. The van der Waals surface area contributed by atoms with Crippen LogP contribution in [-0.4, -0.2) is 15.0 Å². The van der Waals surface area contributed by atoms with Gasteiger partial charge in [0, 0.05) is 60.2 Å². The molecule has 0 N–H and O–H groups in total. The maximum Gasteiger partial charge on any atom is 0.235 e. The van der Waals surface area contributed by atoms with Crippen molar-refractivity contribution >= 4 is 59.6 Å². The number of hydrogen-bond acceptors (Lipinski definition) is 5. The van der Waals surface area contributed by atoms with Crippen LogP contribution in [0.15, 0.2) is 158 Å². The second-order valence-corrected chi connectivity index (χ2v) is 13.1. The Balaban J connectivity index is 1.35. The molecule has 1 aliphatic heterocycles. The van der Waals surface area contributed by atoms with Crippen molar-refractivity contribution in [1.29, 1.82) is 0 Å². The number of thiophene rings is 1. The zero-order chi connectivity index (χ0) is 31.6. The van der Waals surface area contributed by atoms with Crippen molar-refractivity contribution in [1.82, 2.24) is 15.0 Å². The summed E-state index contributed by atoms with van der Waals surface area (Å²) in [6.45, 7) is 0. The van der Waals surface area contributed by atoms with Gasteiger partial charge in [0.05, 0.1) is 22.8 Å². The van der Waals surface area contributed by atoms with E-state index >= 15 is 0 Å². The average molecular weight is 631 g/mol. The quantitative estimate of drug-likeness (QED) is 0.194. The van der Waals surface area contributed by atoms with E-state index in [2.05, 4.69) is 137 Å². The lowest BCUT2D eigenvalue weighted by molar-refractivity contribution is 1.09. The predicted molar refractivity (Wildman–Crippen MR) is 200 cm³/mol. The van der Waals surface area contributed by atoms with Gasteiger partial charge >= 0.3 is 0 Å². The molecule has 0 spiro atoms. The third kappa shape index (κ3) is 4.11. The first-order valence-electron chi connectivity index (χ1n) is 16.0. The topological polar surface area (TPSA) is 41.9 Å². The summed E-state index contributed by atoms with van der Waals surface area (Å²) < 4.78 is 2.51. The highest BCUT2D eigenvalue weighted by atomic mass is 32.1.